The lowest BCUT2D eigenvalue weighted by Crippen LogP contribution is -2.49. The van der Waals surface area contributed by atoms with Crippen molar-refractivity contribution in [2.45, 2.75) is 26.3 Å². The van der Waals surface area contributed by atoms with Gasteiger partial charge in [-0.3, -0.25) is 4.79 Å². The van der Waals surface area contributed by atoms with Crippen LogP contribution in [0.4, 0.5) is 5.82 Å². The molecule has 2 rings (SSSR count). The number of amides is 1. The number of anilines is 1. The molecule has 22 heavy (non-hydrogen) atoms. The summed E-state index contributed by atoms with van der Waals surface area (Å²) in [6, 6.07) is 1.73. The number of aliphatic hydroxyl groups is 1. The van der Waals surface area contributed by atoms with E-state index in [1.54, 1.807) is 19.2 Å². The number of hydrogen-bond donors (Lipinski definition) is 3. The largest absolute Gasteiger partial charge is 0.396 e. The van der Waals surface area contributed by atoms with Gasteiger partial charge in [0.2, 0.25) is 0 Å². The number of aliphatic hydroxyl groups excluding tert-OH is 1. The Bertz CT molecular complexity index is 583. The minimum Gasteiger partial charge on any atom is -0.396 e. The third-order valence-corrected chi connectivity index (χ3v) is 3.84. The van der Waals surface area contributed by atoms with Crippen LogP contribution in [0.5, 0.6) is 0 Å². The Morgan fingerprint density at radius 3 is 2.95 bits per heavy atom. The standard InChI is InChI=1S/C15H23N5O2/c1-9-5-12(15(22)19-10(2)16)14(18-6-9)20-4-3-13(17)11(7-20)8-21/h5-6,11,13,21H,3-4,7-8,17H2,1-2H3,(H2,16,19,22). The minimum atomic E-state index is -0.401. The molecule has 0 saturated carbocycles. The molecule has 0 spiro atoms. The highest BCUT2D eigenvalue weighted by Gasteiger charge is 2.29. The number of amidine groups is 1. The smallest absolute Gasteiger partial charge is 0.282 e. The van der Waals surface area contributed by atoms with Gasteiger partial charge >= 0.3 is 0 Å². The van der Waals surface area contributed by atoms with Crippen LogP contribution in [0.2, 0.25) is 0 Å². The molecular weight excluding hydrogens is 282 g/mol. The van der Waals surface area contributed by atoms with Gasteiger partial charge in [-0.25, -0.2) is 4.98 Å². The van der Waals surface area contributed by atoms with E-state index in [2.05, 4.69) is 9.98 Å². The fourth-order valence-electron chi connectivity index (χ4n) is 2.63. The first-order valence-electron chi connectivity index (χ1n) is 7.35. The van der Waals surface area contributed by atoms with Crippen molar-refractivity contribution in [1.82, 2.24) is 4.98 Å². The maximum Gasteiger partial charge on any atom is 0.282 e. The van der Waals surface area contributed by atoms with E-state index in [9.17, 15) is 9.90 Å². The Morgan fingerprint density at radius 1 is 1.59 bits per heavy atom. The first-order chi connectivity index (χ1) is 10.4. The Morgan fingerprint density at radius 2 is 2.32 bits per heavy atom. The molecule has 1 saturated heterocycles. The molecule has 120 valence electrons. The molecule has 5 N–H and O–H groups in total. The number of carbonyl (C=O) groups is 1. The molecule has 2 atom stereocenters. The van der Waals surface area contributed by atoms with E-state index in [1.165, 1.54) is 0 Å². The molecule has 1 aliphatic heterocycles. The number of rotatable bonds is 3. The quantitative estimate of drug-likeness (QED) is 0.536. The molecule has 2 heterocycles. The van der Waals surface area contributed by atoms with Crippen LogP contribution >= 0.6 is 0 Å². The molecular formula is C15H23N5O2. The highest BCUT2D eigenvalue weighted by molar-refractivity contribution is 6.05. The average Bonchev–Trinajstić information content (AvgIpc) is 2.47. The second-order valence-electron chi connectivity index (χ2n) is 5.78. The SMILES string of the molecule is CC(N)=NC(=O)c1cc(C)cnc1N1CCC(N)C(CO)C1. The van der Waals surface area contributed by atoms with Gasteiger partial charge in [0.1, 0.15) is 11.7 Å². The zero-order chi connectivity index (χ0) is 16.3. The number of nitrogens with two attached hydrogens (primary N) is 2. The van der Waals surface area contributed by atoms with Gasteiger partial charge in [-0.05, 0) is 31.9 Å². The van der Waals surface area contributed by atoms with E-state index in [0.29, 0.717) is 24.5 Å². The number of hydrogen-bond acceptors (Lipinski definition) is 5. The van der Waals surface area contributed by atoms with Crippen molar-refractivity contribution in [3.63, 3.8) is 0 Å². The molecule has 1 aromatic heterocycles. The summed E-state index contributed by atoms with van der Waals surface area (Å²) in [6.45, 7) is 4.73. The lowest BCUT2D eigenvalue weighted by molar-refractivity contribution is 0.100. The summed E-state index contributed by atoms with van der Waals surface area (Å²) in [4.78, 5) is 22.5. The van der Waals surface area contributed by atoms with Crippen LogP contribution in [0.3, 0.4) is 0 Å². The third-order valence-electron chi connectivity index (χ3n) is 3.84. The van der Waals surface area contributed by atoms with Crippen molar-refractivity contribution in [2.75, 3.05) is 24.6 Å². The van der Waals surface area contributed by atoms with Crippen LogP contribution < -0.4 is 16.4 Å². The van der Waals surface area contributed by atoms with Crippen molar-refractivity contribution >= 4 is 17.6 Å². The van der Waals surface area contributed by atoms with E-state index in [0.717, 1.165) is 12.0 Å². The van der Waals surface area contributed by atoms with Crippen LogP contribution in [0, 0.1) is 12.8 Å². The summed E-state index contributed by atoms with van der Waals surface area (Å²) in [6.07, 6.45) is 2.46. The van der Waals surface area contributed by atoms with Gasteiger partial charge in [-0.15, -0.1) is 0 Å². The first kappa shape index (κ1) is 16.4. The second kappa shape index (κ2) is 6.85. The Hall–Kier alpha value is -1.99. The van der Waals surface area contributed by atoms with Crippen LogP contribution in [0.25, 0.3) is 0 Å². The molecule has 2 unspecified atom stereocenters. The van der Waals surface area contributed by atoms with Crippen LogP contribution in [-0.2, 0) is 0 Å². The number of aliphatic imine (C=N–C) groups is 1. The van der Waals surface area contributed by atoms with E-state index in [4.69, 9.17) is 11.5 Å². The summed E-state index contributed by atoms with van der Waals surface area (Å²) in [5.41, 5.74) is 12.8. The van der Waals surface area contributed by atoms with Crippen molar-refractivity contribution in [3.05, 3.63) is 23.4 Å². The second-order valence-corrected chi connectivity index (χ2v) is 5.78. The highest BCUT2D eigenvalue weighted by atomic mass is 16.3. The maximum atomic E-state index is 12.3. The van der Waals surface area contributed by atoms with E-state index >= 15 is 0 Å². The fourth-order valence-corrected chi connectivity index (χ4v) is 2.63. The highest BCUT2D eigenvalue weighted by Crippen LogP contribution is 2.25. The van der Waals surface area contributed by atoms with Crippen molar-refractivity contribution in [1.29, 1.82) is 0 Å². The first-order valence-corrected chi connectivity index (χ1v) is 7.35. The predicted molar refractivity (Wildman–Crippen MR) is 86.0 cm³/mol. The molecule has 0 aromatic carbocycles. The topological polar surface area (TPSA) is 118 Å². The monoisotopic (exact) mass is 305 g/mol. The zero-order valence-electron chi connectivity index (χ0n) is 13.0. The lowest BCUT2D eigenvalue weighted by Gasteiger charge is -2.37. The van der Waals surface area contributed by atoms with Gasteiger partial charge in [0.15, 0.2) is 0 Å². The van der Waals surface area contributed by atoms with E-state index < -0.39 is 5.91 Å². The summed E-state index contributed by atoms with van der Waals surface area (Å²) in [5, 5.41) is 9.44. The Kier molecular flexibility index (Phi) is 5.10. The van der Waals surface area contributed by atoms with Crippen molar-refractivity contribution < 1.29 is 9.90 Å². The van der Waals surface area contributed by atoms with Gasteiger partial charge in [0, 0.05) is 37.9 Å². The number of carbonyl (C=O) groups excluding carboxylic acids is 1. The van der Waals surface area contributed by atoms with Gasteiger partial charge in [0.25, 0.3) is 5.91 Å². The molecule has 0 radical (unpaired) electrons. The summed E-state index contributed by atoms with van der Waals surface area (Å²) in [7, 11) is 0. The summed E-state index contributed by atoms with van der Waals surface area (Å²) >= 11 is 0. The average molecular weight is 305 g/mol. The molecule has 1 aliphatic rings. The third kappa shape index (κ3) is 3.61. The Labute approximate surface area is 130 Å². The van der Waals surface area contributed by atoms with Crippen molar-refractivity contribution in [2.24, 2.45) is 22.4 Å². The zero-order valence-corrected chi connectivity index (χ0v) is 13.0. The molecule has 0 aliphatic carbocycles. The van der Waals surface area contributed by atoms with Gasteiger partial charge in [0.05, 0.1) is 5.56 Å². The minimum absolute atomic E-state index is 0.0207. The molecule has 7 nitrogen and oxygen atoms in total. The van der Waals surface area contributed by atoms with Crippen LogP contribution in [0.15, 0.2) is 17.3 Å². The maximum absolute atomic E-state index is 12.3. The summed E-state index contributed by atoms with van der Waals surface area (Å²) in [5.74, 6) is 0.360. The lowest BCUT2D eigenvalue weighted by atomic mass is 9.93. The van der Waals surface area contributed by atoms with E-state index in [-0.39, 0.29) is 24.4 Å². The molecule has 0 bridgehead atoms. The number of pyridine rings is 1. The van der Waals surface area contributed by atoms with E-state index in [1.807, 2.05) is 11.8 Å². The number of aryl methyl sites for hydroxylation is 1. The number of piperidine rings is 1. The number of aromatic nitrogens is 1. The van der Waals surface area contributed by atoms with Crippen molar-refractivity contribution in [3.8, 4) is 0 Å². The molecule has 1 fully saturated rings. The normalized spacial score (nSPS) is 22.7. The summed E-state index contributed by atoms with van der Waals surface area (Å²) < 4.78 is 0. The van der Waals surface area contributed by atoms with Crippen LogP contribution in [-0.4, -0.2) is 47.6 Å². The number of nitrogens with zero attached hydrogens (tertiary/aromatic N) is 3. The van der Waals surface area contributed by atoms with Gasteiger partial charge < -0.3 is 21.5 Å². The van der Waals surface area contributed by atoms with Crippen LogP contribution in [0.1, 0.15) is 29.3 Å². The van der Waals surface area contributed by atoms with Gasteiger partial charge in [-0.1, -0.05) is 0 Å². The molecule has 7 heteroatoms. The molecule has 1 amide bonds. The van der Waals surface area contributed by atoms with Gasteiger partial charge in [-0.2, -0.15) is 4.99 Å². The fraction of sp³-hybridized carbons (Fsp3) is 0.533. The predicted octanol–water partition coefficient (Wildman–Crippen LogP) is 0.0532. The molecule has 1 aromatic rings. The Balaban J connectivity index is 2.35.